The van der Waals surface area contributed by atoms with Gasteiger partial charge in [-0.25, -0.2) is 4.31 Å². The average molecular weight is 488 g/mol. The summed E-state index contributed by atoms with van der Waals surface area (Å²) < 4.78 is 21.3. The molecule has 2 aromatic rings. The van der Waals surface area contributed by atoms with Gasteiger partial charge in [-0.15, -0.1) is 0 Å². The number of hydrogen-bond acceptors (Lipinski definition) is 3. The van der Waals surface area contributed by atoms with Gasteiger partial charge in [0.1, 0.15) is 0 Å². The molecule has 2 aromatic carbocycles. The molecule has 4 nitrogen and oxygen atoms in total. The second-order valence-corrected chi connectivity index (χ2v) is 11.6. The number of methoxy groups -OCH3 is 1. The van der Waals surface area contributed by atoms with Gasteiger partial charge >= 0.3 is 0 Å². The molecule has 1 saturated carbocycles. The summed E-state index contributed by atoms with van der Waals surface area (Å²) in [7, 11) is -0.711. The summed E-state index contributed by atoms with van der Waals surface area (Å²) in [5.74, 6) is 4.17. The number of halogens is 3. The van der Waals surface area contributed by atoms with Crippen LogP contribution in [0.15, 0.2) is 42.5 Å². The first kappa shape index (κ1) is 22.3. The van der Waals surface area contributed by atoms with Crippen LogP contribution in [0.1, 0.15) is 24.4 Å². The van der Waals surface area contributed by atoms with Crippen molar-refractivity contribution >= 4 is 56.1 Å². The molecule has 1 saturated heterocycles. The normalized spacial score (nSPS) is 24.6. The average Bonchev–Trinajstić information content (AvgIpc) is 3.55. The van der Waals surface area contributed by atoms with E-state index in [9.17, 15) is 4.21 Å². The smallest absolute Gasteiger partial charge is 0.0731 e. The Hall–Kier alpha value is -0.950. The minimum Gasteiger partial charge on any atom is -0.383 e. The lowest BCUT2D eigenvalue weighted by Crippen LogP contribution is -2.59. The molecule has 1 aliphatic heterocycles. The fourth-order valence-electron chi connectivity index (χ4n) is 4.28. The largest absolute Gasteiger partial charge is 0.383 e. The Morgan fingerprint density at radius 2 is 1.73 bits per heavy atom. The maximum absolute atomic E-state index is 13.7. The van der Waals surface area contributed by atoms with Crippen LogP contribution in [0.5, 0.6) is 0 Å². The summed E-state index contributed by atoms with van der Waals surface area (Å²) in [6, 6.07) is 13.0. The van der Waals surface area contributed by atoms with Gasteiger partial charge in [0.15, 0.2) is 0 Å². The number of anilines is 1. The van der Waals surface area contributed by atoms with Crippen molar-refractivity contribution in [2.45, 2.75) is 30.2 Å². The van der Waals surface area contributed by atoms with Gasteiger partial charge in [0.05, 0.1) is 29.4 Å². The first-order valence-electron chi connectivity index (χ1n) is 9.92. The first-order chi connectivity index (χ1) is 14.3. The van der Waals surface area contributed by atoms with Gasteiger partial charge < -0.3 is 9.64 Å². The maximum atomic E-state index is 13.7. The van der Waals surface area contributed by atoms with Gasteiger partial charge in [-0.3, -0.25) is 4.21 Å². The van der Waals surface area contributed by atoms with Gasteiger partial charge in [-0.1, -0.05) is 46.9 Å². The number of ether oxygens (including phenoxy) is 1. The van der Waals surface area contributed by atoms with E-state index in [0.717, 1.165) is 24.1 Å². The van der Waals surface area contributed by atoms with E-state index in [4.69, 9.17) is 39.5 Å². The molecule has 0 amide bonds. The molecule has 3 atom stereocenters. The third-order valence-corrected chi connectivity index (χ3v) is 9.39. The molecule has 2 aliphatic rings. The second-order valence-electron chi connectivity index (χ2n) is 7.84. The van der Waals surface area contributed by atoms with E-state index in [1.54, 1.807) is 13.2 Å². The lowest BCUT2D eigenvalue weighted by Gasteiger charge is -2.49. The molecular formula is C22H25Cl3N2O2S. The summed E-state index contributed by atoms with van der Waals surface area (Å²) in [6.45, 7) is 1.71. The van der Waals surface area contributed by atoms with Crippen LogP contribution in [0.3, 0.4) is 0 Å². The van der Waals surface area contributed by atoms with Crippen LogP contribution >= 0.6 is 34.8 Å². The predicted octanol–water partition coefficient (Wildman–Crippen LogP) is 5.32. The van der Waals surface area contributed by atoms with E-state index in [2.05, 4.69) is 15.1 Å². The maximum Gasteiger partial charge on any atom is 0.0731 e. The van der Waals surface area contributed by atoms with Crippen molar-refractivity contribution < 1.29 is 8.95 Å². The van der Waals surface area contributed by atoms with Crippen molar-refractivity contribution in [1.29, 1.82) is 0 Å². The fourth-order valence-corrected chi connectivity index (χ4v) is 7.20. The summed E-state index contributed by atoms with van der Waals surface area (Å²) in [6.07, 6.45) is 1.94. The molecule has 30 heavy (non-hydrogen) atoms. The van der Waals surface area contributed by atoms with Gasteiger partial charge in [0.2, 0.25) is 0 Å². The van der Waals surface area contributed by atoms with Crippen LogP contribution in [0.4, 0.5) is 5.69 Å². The quantitative estimate of drug-likeness (QED) is 0.517. The van der Waals surface area contributed by atoms with Gasteiger partial charge in [-0.05, 0) is 54.6 Å². The Morgan fingerprint density at radius 1 is 1.07 bits per heavy atom. The summed E-state index contributed by atoms with van der Waals surface area (Å²) in [4.78, 5) is 2.25. The second kappa shape index (κ2) is 8.89. The number of nitrogens with zero attached hydrogens (tertiary/aromatic N) is 2. The molecule has 162 valence electrons. The van der Waals surface area contributed by atoms with Crippen molar-refractivity contribution in [1.82, 2.24) is 4.31 Å². The lowest BCUT2D eigenvalue weighted by molar-refractivity contribution is 0.106. The highest BCUT2D eigenvalue weighted by Gasteiger charge is 2.45. The summed E-state index contributed by atoms with van der Waals surface area (Å²) in [5.41, 5.74) is 1.95. The molecule has 0 spiro atoms. The van der Waals surface area contributed by atoms with Gasteiger partial charge in [-0.2, -0.15) is 0 Å². The van der Waals surface area contributed by atoms with Crippen molar-refractivity contribution in [3.05, 3.63) is 63.1 Å². The van der Waals surface area contributed by atoms with E-state index in [-0.39, 0.29) is 17.3 Å². The number of rotatable bonds is 6. The van der Waals surface area contributed by atoms with Crippen LogP contribution < -0.4 is 4.90 Å². The van der Waals surface area contributed by atoms with Crippen molar-refractivity contribution in [3.63, 3.8) is 0 Å². The molecule has 8 heteroatoms. The zero-order valence-electron chi connectivity index (χ0n) is 16.8. The van der Waals surface area contributed by atoms with E-state index in [1.165, 1.54) is 0 Å². The molecule has 0 radical (unpaired) electrons. The zero-order valence-corrected chi connectivity index (χ0v) is 19.9. The fraction of sp³-hybridized carbons (Fsp3) is 0.409. The van der Waals surface area contributed by atoms with Gasteiger partial charge in [0, 0.05) is 45.2 Å². The molecule has 4 rings (SSSR count). The molecule has 1 aliphatic carbocycles. The van der Waals surface area contributed by atoms with Crippen LogP contribution in [0.2, 0.25) is 15.1 Å². The minimum atomic E-state index is -2.39. The van der Waals surface area contributed by atoms with Gasteiger partial charge in [0.25, 0.3) is 0 Å². The molecule has 1 unspecified atom stereocenters. The van der Waals surface area contributed by atoms with E-state index in [1.807, 2.05) is 36.4 Å². The number of benzene rings is 2. The Kier molecular flexibility index (Phi) is 6.59. The van der Waals surface area contributed by atoms with Crippen LogP contribution in [0.25, 0.3) is 0 Å². The first-order valence-corrected chi connectivity index (χ1v) is 12.8. The third kappa shape index (κ3) is 4.34. The van der Waals surface area contributed by atoms with Crippen molar-refractivity contribution in [2.75, 3.05) is 31.7 Å². The van der Waals surface area contributed by atoms with Crippen LogP contribution in [-0.2, 0) is 14.4 Å². The highest BCUT2D eigenvalue weighted by atomic mass is 35.5. The molecule has 0 bridgehead atoms. The zero-order chi connectivity index (χ0) is 21.5. The molecule has 1 heterocycles. The number of hydrogen-bond donors (Lipinski definition) is 0. The molecule has 2 fully saturated rings. The van der Waals surface area contributed by atoms with Crippen molar-refractivity contribution in [3.8, 4) is 0 Å². The predicted molar refractivity (Wildman–Crippen MR) is 129 cm³/mol. The Labute approximate surface area is 193 Å². The molecule has 0 aromatic heterocycles. The molecule has 0 N–H and O–H groups in total. The molecular weight excluding hydrogens is 463 g/mol. The van der Waals surface area contributed by atoms with E-state index in [0.29, 0.717) is 34.8 Å². The highest BCUT2D eigenvalue weighted by molar-refractivity contribution is 7.99. The lowest BCUT2D eigenvalue weighted by atomic mass is 9.95. The Morgan fingerprint density at radius 3 is 2.33 bits per heavy atom. The van der Waals surface area contributed by atoms with E-state index >= 15 is 0 Å². The minimum absolute atomic E-state index is 0.129. The standard InChI is InChI=1S/C22H25Cl3N2O2S/c1-29-14-21-22(15-3-5-16(23)6-4-15)26(20-10-7-17(24)13-19(20)25)11-12-27(21)30(2,28)18-8-9-18/h3-7,10,13,18,21-22H,2,8-9,11-12,14H2,1H3/t21-,22+,30?/m1/s1. The summed E-state index contributed by atoms with van der Waals surface area (Å²) in [5, 5.41) is 2.01. The Balaban J connectivity index is 1.81. The topological polar surface area (TPSA) is 32.8 Å². The monoisotopic (exact) mass is 486 g/mol. The third-order valence-electron chi connectivity index (χ3n) is 5.84. The highest BCUT2D eigenvalue weighted by Crippen LogP contribution is 2.42. The van der Waals surface area contributed by atoms with Crippen LogP contribution in [0, 0.1) is 0 Å². The van der Waals surface area contributed by atoms with E-state index < -0.39 is 9.71 Å². The Bertz CT molecular complexity index is 1010. The SMILES string of the molecule is C=S(=O)(C1CC1)N1CCN(c2ccc(Cl)cc2Cl)[C@@H](c2ccc(Cl)cc2)[C@H]1COC. The van der Waals surface area contributed by atoms with Crippen LogP contribution in [-0.4, -0.2) is 52.5 Å². The summed E-state index contributed by atoms with van der Waals surface area (Å²) >= 11 is 18.9. The number of piperazine rings is 1. The van der Waals surface area contributed by atoms with Crippen molar-refractivity contribution in [2.24, 2.45) is 0 Å².